The molecule has 4 heteroatoms. The fourth-order valence-corrected chi connectivity index (χ4v) is 2.41. The minimum atomic E-state index is -0.0590. The molecule has 0 radical (unpaired) electrons. The highest BCUT2D eigenvalue weighted by Gasteiger charge is 2.26. The van der Waals surface area contributed by atoms with Crippen molar-refractivity contribution >= 4 is 22.7 Å². The number of H-pyrrole nitrogens is 1. The summed E-state index contributed by atoms with van der Waals surface area (Å²) in [6.45, 7) is 2.42. The third-order valence-electron chi connectivity index (χ3n) is 3.44. The molecule has 96 valence electrons. The van der Waals surface area contributed by atoms with Crippen LogP contribution in [-0.2, 0) is 11.3 Å². The third kappa shape index (κ3) is 1.86. The maximum Gasteiger partial charge on any atom is 0.256 e. The molecule has 2 aromatic rings. The van der Waals surface area contributed by atoms with Crippen LogP contribution in [0.2, 0.25) is 0 Å². The van der Waals surface area contributed by atoms with Gasteiger partial charge in [0.2, 0.25) is 0 Å². The van der Waals surface area contributed by atoms with Crippen molar-refractivity contribution in [1.29, 1.82) is 0 Å². The van der Waals surface area contributed by atoms with E-state index < -0.39 is 0 Å². The van der Waals surface area contributed by atoms with E-state index in [1.165, 1.54) is 0 Å². The van der Waals surface area contributed by atoms with E-state index in [-0.39, 0.29) is 5.91 Å². The average Bonchev–Trinajstić information content (AvgIpc) is 3.03. The van der Waals surface area contributed by atoms with Crippen molar-refractivity contribution in [2.45, 2.75) is 13.5 Å². The number of allylic oxidation sites excluding steroid dienone is 1. The largest absolute Gasteiger partial charge is 0.361 e. The highest BCUT2D eigenvalue weighted by molar-refractivity contribution is 6.36. The minimum Gasteiger partial charge on any atom is -0.361 e. The van der Waals surface area contributed by atoms with E-state index in [1.807, 2.05) is 43.5 Å². The van der Waals surface area contributed by atoms with Crippen LogP contribution < -0.4 is 11.1 Å². The molecule has 2 heterocycles. The number of hydrogen-bond donors (Lipinski definition) is 3. The molecule has 1 amide bonds. The van der Waals surface area contributed by atoms with Gasteiger partial charge in [-0.3, -0.25) is 4.79 Å². The van der Waals surface area contributed by atoms with Gasteiger partial charge in [0.1, 0.15) is 0 Å². The Morgan fingerprint density at radius 2 is 2.16 bits per heavy atom. The van der Waals surface area contributed by atoms with Crippen molar-refractivity contribution in [1.82, 2.24) is 4.98 Å². The van der Waals surface area contributed by atoms with E-state index >= 15 is 0 Å². The predicted octanol–water partition coefficient (Wildman–Crippen LogP) is 2.36. The number of anilines is 1. The molecule has 0 spiro atoms. The quantitative estimate of drug-likeness (QED) is 0.719. The van der Waals surface area contributed by atoms with E-state index in [1.54, 1.807) is 0 Å². The molecule has 1 aliphatic rings. The van der Waals surface area contributed by atoms with E-state index in [2.05, 4.69) is 10.3 Å². The molecule has 0 atom stereocenters. The molecule has 4 N–H and O–H groups in total. The zero-order chi connectivity index (χ0) is 13.4. The summed E-state index contributed by atoms with van der Waals surface area (Å²) < 4.78 is 0. The number of nitrogens with two attached hydrogens (primary N) is 1. The first-order valence-electron chi connectivity index (χ1n) is 6.20. The molecular weight excluding hydrogens is 238 g/mol. The second-order valence-corrected chi connectivity index (χ2v) is 4.62. The average molecular weight is 253 g/mol. The molecule has 0 fully saturated rings. The maximum absolute atomic E-state index is 12.2. The Hall–Kier alpha value is -2.33. The van der Waals surface area contributed by atoms with Gasteiger partial charge in [0.05, 0.1) is 5.57 Å². The number of carbonyl (C=O) groups excluding carboxylic acids is 1. The lowest BCUT2D eigenvalue weighted by Crippen LogP contribution is -2.05. The van der Waals surface area contributed by atoms with Crippen molar-refractivity contribution in [3.05, 3.63) is 53.3 Å². The molecule has 4 nitrogen and oxygen atoms in total. The third-order valence-corrected chi connectivity index (χ3v) is 3.44. The summed E-state index contributed by atoms with van der Waals surface area (Å²) in [7, 11) is 0. The van der Waals surface area contributed by atoms with Gasteiger partial charge in [-0.05, 0) is 42.3 Å². The summed E-state index contributed by atoms with van der Waals surface area (Å²) in [5.74, 6) is -0.0590. The summed E-state index contributed by atoms with van der Waals surface area (Å²) in [6.07, 6.45) is 1.85. The van der Waals surface area contributed by atoms with Gasteiger partial charge in [-0.25, -0.2) is 0 Å². The van der Waals surface area contributed by atoms with Gasteiger partial charge in [0, 0.05) is 29.7 Å². The van der Waals surface area contributed by atoms with Gasteiger partial charge in [0.25, 0.3) is 5.91 Å². The number of benzene rings is 1. The molecule has 0 bridgehead atoms. The number of nitrogens with one attached hydrogen (secondary N) is 2. The number of aromatic amines is 1. The van der Waals surface area contributed by atoms with Gasteiger partial charge in [0.15, 0.2) is 0 Å². The number of aromatic nitrogens is 1. The van der Waals surface area contributed by atoms with Gasteiger partial charge in [-0.1, -0.05) is 6.07 Å². The predicted molar refractivity (Wildman–Crippen MR) is 76.2 cm³/mol. The number of fused-ring (bicyclic) bond motifs is 1. The lowest BCUT2D eigenvalue weighted by atomic mass is 9.98. The summed E-state index contributed by atoms with van der Waals surface area (Å²) in [4.78, 5) is 15.3. The summed E-state index contributed by atoms with van der Waals surface area (Å²) in [5.41, 5.74) is 11.1. The lowest BCUT2D eigenvalue weighted by Gasteiger charge is -2.05. The molecule has 0 aliphatic carbocycles. The van der Waals surface area contributed by atoms with E-state index in [9.17, 15) is 4.79 Å². The normalized spacial score (nSPS) is 16.2. The Balaban J connectivity index is 2.19. The summed E-state index contributed by atoms with van der Waals surface area (Å²) >= 11 is 0. The zero-order valence-corrected chi connectivity index (χ0v) is 10.7. The first kappa shape index (κ1) is 11.7. The van der Waals surface area contributed by atoms with Crippen LogP contribution in [0.4, 0.5) is 5.69 Å². The Morgan fingerprint density at radius 3 is 2.84 bits per heavy atom. The smallest absolute Gasteiger partial charge is 0.256 e. The zero-order valence-electron chi connectivity index (χ0n) is 10.7. The van der Waals surface area contributed by atoms with Crippen molar-refractivity contribution in [3.8, 4) is 0 Å². The van der Waals surface area contributed by atoms with Crippen molar-refractivity contribution < 1.29 is 4.79 Å². The number of carbonyl (C=O) groups is 1. The van der Waals surface area contributed by atoms with E-state index in [0.717, 1.165) is 28.1 Å². The van der Waals surface area contributed by atoms with Crippen LogP contribution in [0.5, 0.6) is 0 Å². The van der Waals surface area contributed by atoms with Crippen molar-refractivity contribution in [2.24, 2.45) is 5.73 Å². The Morgan fingerprint density at radius 1 is 1.32 bits per heavy atom. The number of hydrogen-bond acceptors (Lipinski definition) is 2. The van der Waals surface area contributed by atoms with E-state index in [4.69, 9.17) is 5.73 Å². The number of amides is 1. The van der Waals surface area contributed by atoms with Crippen LogP contribution in [0.1, 0.15) is 23.7 Å². The SMILES string of the molecule is CC(=C1C(=O)Nc2ccc(CN)cc21)c1ccc[nH]1. The Kier molecular flexibility index (Phi) is 2.72. The van der Waals surface area contributed by atoms with Gasteiger partial charge in [-0.15, -0.1) is 0 Å². The molecule has 1 aromatic heterocycles. The first-order chi connectivity index (χ1) is 9.20. The highest BCUT2D eigenvalue weighted by atomic mass is 16.2. The van der Waals surface area contributed by atoms with E-state index in [0.29, 0.717) is 12.1 Å². The number of rotatable bonds is 2. The molecule has 3 rings (SSSR count). The van der Waals surface area contributed by atoms with Gasteiger partial charge in [-0.2, -0.15) is 0 Å². The van der Waals surface area contributed by atoms with Crippen LogP contribution in [0.15, 0.2) is 36.5 Å². The fraction of sp³-hybridized carbons (Fsp3) is 0.133. The second-order valence-electron chi connectivity index (χ2n) is 4.62. The maximum atomic E-state index is 12.2. The molecule has 1 aliphatic heterocycles. The minimum absolute atomic E-state index is 0.0590. The summed E-state index contributed by atoms with van der Waals surface area (Å²) in [6, 6.07) is 9.70. The first-order valence-corrected chi connectivity index (χ1v) is 6.20. The van der Waals surface area contributed by atoms with Crippen LogP contribution in [0.25, 0.3) is 11.1 Å². The standard InChI is InChI=1S/C15H15N3O/c1-9(12-3-2-6-17-12)14-11-7-10(8-16)4-5-13(11)18-15(14)19/h2-7,17H,8,16H2,1H3,(H,18,19). The highest BCUT2D eigenvalue weighted by Crippen LogP contribution is 2.36. The van der Waals surface area contributed by atoms with Crippen LogP contribution in [0.3, 0.4) is 0 Å². The molecule has 19 heavy (non-hydrogen) atoms. The van der Waals surface area contributed by atoms with Crippen molar-refractivity contribution in [2.75, 3.05) is 5.32 Å². The molecule has 0 saturated carbocycles. The van der Waals surface area contributed by atoms with Crippen LogP contribution in [-0.4, -0.2) is 10.9 Å². The fourth-order valence-electron chi connectivity index (χ4n) is 2.41. The second kappa shape index (κ2) is 4.40. The Labute approximate surface area is 111 Å². The monoisotopic (exact) mass is 253 g/mol. The van der Waals surface area contributed by atoms with Crippen LogP contribution in [0, 0.1) is 0 Å². The van der Waals surface area contributed by atoms with Gasteiger partial charge < -0.3 is 16.0 Å². The molecule has 0 unspecified atom stereocenters. The lowest BCUT2D eigenvalue weighted by molar-refractivity contribution is -0.110. The summed E-state index contributed by atoms with van der Waals surface area (Å²) in [5, 5.41) is 2.89. The Bertz CT molecular complexity index is 669. The molecular formula is C15H15N3O. The topological polar surface area (TPSA) is 70.9 Å². The molecule has 0 saturated heterocycles. The molecule has 1 aromatic carbocycles. The van der Waals surface area contributed by atoms with Gasteiger partial charge >= 0.3 is 0 Å². The van der Waals surface area contributed by atoms with Crippen LogP contribution >= 0.6 is 0 Å². The van der Waals surface area contributed by atoms with Crippen molar-refractivity contribution in [3.63, 3.8) is 0 Å².